The molecule has 1 aliphatic rings. The van der Waals surface area contributed by atoms with Crippen LogP contribution in [0, 0.1) is 0 Å². The lowest BCUT2D eigenvalue weighted by Crippen LogP contribution is -2.27. The molecule has 0 radical (unpaired) electrons. The molecule has 3 rings (SSSR count). The molecule has 1 aromatic heterocycles. The van der Waals surface area contributed by atoms with Crippen molar-refractivity contribution in [1.82, 2.24) is 15.5 Å². The first-order valence-electron chi connectivity index (χ1n) is 7.29. The maximum atomic E-state index is 5.48. The minimum atomic E-state index is 0.220. The van der Waals surface area contributed by atoms with E-state index in [1.165, 1.54) is 11.1 Å². The van der Waals surface area contributed by atoms with Crippen molar-refractivity contribution in [3.8, 4) is 0 Å². The van der Waals surface area contributed by atoms with Crippen molar-refractivity contribution < 1.29 is 4.52 Å². The summed E-state index contributed by atoms with van der Waals surface area (Å²) < 4.78 is 5.48. The van der Waals surface area contributed by atoms with E-state index in [9.17, 15) is 0 Å². The fourth-order valence-corrected chi connectivity index (χ4v) is 2.86. The van der Waals surface area contributed by atoms with E-state index in [2.05, 4.69) is 53.6 Å². The van der Waals surface area contributed by atoms with Gasteiger partial charge in [0, 0.05) is 12.0 Å². The van der Waals surface area contributed by atoms with Crippen LogP contribution in [0.4, 0.5) is 0 Å². The largest absolute Gasteiger partial charge is 0.339 e. The fraction of sp³-hybridized carbons (Fsp3) is 0.500. The van der Waals surface area contributed by atoms with Crippen molar-refractivity contribution in [3.63, 3.8) is 0 Å². The third kappa shape index (κ3) is 2.24. The molecule has 0 fully saturated rings. The van der Waals surface area contributed by atoms with E-state index in [0.29, 0.717) is 12.0 Å². The van der Waals surface area contributed by atoms with Crippen molar-refractivity contribution in [2.45, 2.75) is 44.6 Å². The number of hydrogen-bond donors (Lipinski definition) is 1. The first-order chi connectivity index (χ1) is 9.70. The van der Waals surface area contributed by atoms with Crippen LogP contribution in [0.5, 0.6) is 0 Å². The number of nitrogens with zero attached hydrogens (tertiary/aromatic N) is 2. The topological polar surface area (TPSA) is 51.0 Å². The Labute approximate surface area is 119 Å². The van der Waals surface area contributed by atoms with Crippen LogP contribution in [-0.4, -0.2) is 23.2 Å². The minimum Gasteiger partial charge on any atom is -0.339 e. The normalized spacial score (nSPS) is 20.6. The van der Waals surface area contributed by atoms with Crippen LogP contribution in [0.2, 0.25) is 0 Å². The second kappa shape index (κ2) is 5.37. The molecule has 106 valence electrons. The van der Waals surface area contributed by atoms with Gasteiger partial charge in [-0.3, -0.25) is 0 Å². The van der Waals surface area contributed by atoms with Crippen molar-refractivity contribution in [1.29, 1.82) is 0 Å². The highest BCUT2D eigenvalue weighted by Crippen LogP contribution is 2.36. The third-order valence-electron chi connectivity index (χ3n) is 4.50. The summed E-state index contributed by atoms with van der Waals surface area (Å²) in [6.45, 7) is 4.24. The average molecular weight is 271 g/mol. The zero-order valence-corrected chi connectivity index (χ0v) is 12.3. The lowest BCUT2D eigenvalue weighted by Gasteiger charge is -2.14. The first-order valence-corrected chi connectivity index (χ1v) is 7.29. The van der Waals surface area contributed by atoms with Crippen LogP contribution in [-0.2, 0) is 6.42 Å². The summed E-state index contributed by atoms with van der Waals surface area (Å²) in [7, 11) is 1.95. The number of hydrogen-bond acceptors (Lipinski definition) is 4. The van der Waals surface area contributed by atoms with Gasteiger partial charge < -0.3 is 9.84 Å². The molecule has 2 aromatic rings. The molecular weight excluding hydrogens is 250 g/mol. The highest BCUT2D eigenvalue weighted by Gasteiger charge is 2.29. The zero-order chi connectivity index (χ0) is 14.1. The average Bonchev–Trinajstić information content (AvgIpc) is 3.11. The van der Waals surface area contributed by atoms with Gasteiger partial charge in [0.05, 0.1) is 5.92 Å². The summed E-state index contributed by atoms with van der Waals surface area (Å²) in [6.07, 6.45) is 2.18. The quantitative estimate of drug-likeness (QED) is 0.929. The molecule has 1 aliphatic carbocycles. The Morgan fingerprint density at radius 3 is 2.90 bits per heavy atom. The highest BCUT2D eigenvalue weighted by atomic mass is 16.5. The second-order valence-electron chi connectivity index (χ2n) is 5.65. The van der Waals surface area contributed by atoms with E-state index in [0.717, 1.165) is 24.6 Å². The Hall–Kier alpha value is -1.68. The smallest absolute Gasteiger partial charge is 0.231 e. The van der Waals surface area contributed by atoms with Gasteiger partial charge in [0.1, 0.15) is 0 Å². The first kappa shape index (κ1) is 13.3. The summed E-state index contributed by atoms with van der Waals surface area (Å²) in [4.78, 5) is 4.64. The fourth-order valence-electron chi connectivity index (χ4n) is 2.86. The Balaban J connectivity index is 1.85. The Morgan fingerprint density at radius 1 is 1.30 bits per heavy atom. The molecule has 1 heterocycles. The van der Waals surface area contributed by atoms with Gasteiger partial charge in [0.15, 0.2) is 5.82 Å². The van der Waals surface area contributed by atoms with Gasteiger partial charge in [0.2, 0.25) is 5.89 Å². The predicted octanol–water partition coefficient (Wildman–Crippen LogP) is 2.86. The number of likely N-dealkylation sites (N-methyl/N-ethyl adjacent to an activating group) is 1. The molecule has 1 N–H and O–H groups in total. The van der Waals surface area contributed by atoms with Gasteiger partial charge in [-0.2, -0.15) is 4.98 Å². The predicted molar refractivity (Wildman–Crippen MR) is 77.8 cm³/mol. The Morgan fingerprint density at radius 2 is 2.10 bits per heavy atom. The minimum absolute atomic E-state index is 0.220. The van der Waals surface area contributed by atoms with Crippen LogP contribution < -0.4 is 5.32 Å². The summed E-state index contributed by atoms with van der Waals surface area (Å²) >= 11 is 0. The molecule has 4 nitrogen and oxygen atoms in total. The van der Waals surface area contributed by atoms with Gasteiger partial charge in [-0.15, -0.1) is 0 Å². The number of aromatic nitrogens is 2. The van der Waals surface area contributed by atoms with Crippen LogP contribution in [0.15, 0.2) is 28.8 Å². The van der Waals surface area contributed by atoms with E-state index >= 15 is 0 Å². The van der Waals surface area contributed by atoms with Crippen LogP contribution in [0.1, 0.15) is 54.9 Å². The third-order valence-corrected chi connectivity index (χ3v) is 4.50. The van der Waals surface area contributed by atoms with Gasteiger partial charge in [-0.25, -0.2) is 0 Å². The molecule has 0 bridgehead atoms. The molecule has 1 aromatic carbocycles. The molecular formula is C16H21N3O. The van der Waals surface area contributed by atoms with Crippen molar-refractivity contribution >= 4 is 0 Å². The van der Waals surface area contributed by atoms with Crippen LogP contribution in [0.3, 0.4) is 0 Å². The van der Waals surface area contributed by atoms with Crippen molar-refractivity contribution in [3.05, 3.63) is 47.1 Å². The molecule has 0 saturated heterocycles. The van der Waals surface area contributed by atoms with Gasteiger partial charge in [0.25, 0.3) is 0 Å². The Bertz CT molecular complexity index is 593. The summed E-state index contributed by atoms with van der Waals surface area (Å²) in [5.74, 6) is 2.07. The highest BCUT2D eigenvalue weighted by molar-refractivity contribution is 5.38. The molecule has 0 amide bonds. The molecule has 0 aliphatic heterocycles. The number of aryl methyl sites for hydroxylation is 1. The SMILES string of the molecule is CNC(C)C(C)c1nc(C2CCc3ccccc32)no1. The molecule has 0 saturated carbocycles. The lowest BCUT2D eigenvalue weighted by atomic mass is 10.0. The zero-order valence-electron chi connectivity index (χ0n) is 12.3. The number of rotatable bonds is 4. The Kier molecular flexibility index (Phi) is 3.57. The molecule has 4 heteroatoms. The van der Waals surface area contributed by atoms with Crippen LogP contribution in [0.25, 0.3) is 0 Å². The van der Waals surface area contributed by atoms with Gasteiger partial charge >= 0.3 is 0 Å². The lowest BCUT2D eigenvalue weighted by molar-refractivity contribution is 0.332. The van der Waals surface area contributed by atoms with Crippen molar-refractivity contribution in [2.24, 2.45) is 0 Å². The molecule has 3 atom stereocenters. The van der Waals surface area contributed by atoms with E-state index in [-0.39, 0.29) is 5.92 Å². The number of nitrogens with one attached hydrogen (secondary N) is 1. The maximum Gasteiger partial charge on any atom is 0.231 e. The summed E-state index contributed by atoms with van der Waals surface area (Å²) in [5.41, 5.74) is 2.77. The van der Waals surface area contributed by atoms with E-state index in [1.807, 2.05) is 7.05 Å². The monoisotopic (exact) mass is 271 g/mol. The standard InChI is InChI=1S/C16H21N3O/c1-10(11(2)17-3)16-18-15(19-20-16)14-9-8-12-6-4-5-7-13(12)14/h4-7,10-11,14,17H,8-9H2,1-3H3. The van der Waals surface area contributed by atoms with Crippen LogP contribution >= 0.6 is 0 Å². The second-order valence-corrected chi connectivity index (χ2v) is 5.65. The van der Waals surface area contributed by atoms with E-state index in [1.54, 1.807) is 0 Å². The molecule has 20 heavy (non-hydrogen) atoms. The summed E-state index contributed by atoms with van der Waals surface area (Å²) in [5, 5.41) is 7.45. The maximum absolute atomic E-state index is 5.48. The van der Waals surface area contributed by atoms with E-state index in [4.69, 9.17) is 4.52 Å². The van der Waals surface area contributed by atoms with Gasteiger partial charge in [-0.05, 0) is 37.9 Å². The van der Waals surface area contributed by atoms with E-state index < -0.39 is 0 Å². The number of benzene rings is 1. The number of fused-ring (bicyclic) bond motifs is 1. The van der Waals surface area contributed by atoms with Gasteiger partial charge in [-0.1, -0.05) is 36.3 Å². The van der Waals surface area contributed by atoms with Crippen molar-refractivity contribution in [2.75, 3.05) is 7.05 Å². The molecule has 3 unspecified atom stereocenters. The molecule has 0 spiro atoms. The summed E-state index contributed by atoms with van der Waals surface area (Å²) in [6, 6.07) is 8.88.